The third-order valence-corrected chi connectivity index (χ3v) is 9.64. The zero-order chi connectivity index (χ0) is 28.9. The van der Waals surface area contributed by atoms with Crippen molar-refractivity contribution in [2.45, 2.75) is 64.4 Å². The number of carbonyl (C=O) groups is 5. The zero-order valence-corrected chi connectivity index (χ0v) is 22.7. The molecule has 0 radical (unpaired) electrons. The minimum Gasteiger partial charge on any atom is -0.507 e. The van der Waals surface area contributed by atoms with E-state index in [2.05, 4.69) is 0 Å². The number of hydrogen-bond donors (Lipinski definition) is 3. The Kier molecular flexibility index (Phi) is 6.36. The van der Waals surface area contributed by atoms with Crippen LogP contribution in [0.4, 0.5) is 4.39 Å². The van der Waals surface area contributed by atoms with Crippen molar-refractivity contribution in [1.82, 2.24) is 9.80 Å². The van der Waals surface area contributed by atoms with E-state index in [0.29, 0.717) is 11.1 Å². The fraction of sp³-hybridized carbons (Fsp3) is 0.607. The van der Waals surface area contributed by atoms with Crippen molar-refractivity contribution in [2.75, 3.05) is 14.1 Å². The highest BCUT2D eigenvalue weighted by Crippen LogP contribution is 2.52. The molecule has 1 amide bonds. The van der Waals surface area contributed by atoms with E-state index in [4.69, 9.17) is 5.73 Å². The van der Waals surface area contributed by atoms with Crippen molar-refractivity contribution < 1.29 is 38.6 Å². The van der Waals surface area contributed by atoms with Gasteiger partial charge in [-0.3, -0.25) is 33.8 Å². The summed E-state index contributed by atoms with van der Waals surface area (Å²) in [6.07, 6.45) is -0.198. The predicted octanol–water partition coefficient (Wildman–Crippen LogP) is 0.366. The maximum atomic E-state index is 16.0. The fourth-order valence-corrected chi connectivity index (χ4v) is 7.31. The van der Waals surface area contributed by atoms with Crippen LogP contribution in [-0.2, 0) is 38.7 Å². The molecular weight excluding hydrogens is 509 g/mol. The standard InChI is InChI=1S/C28H34FN3O7/c1-10(2)11(3)32-8-14-15(9-32)22(33)18-13(20(14)29)6-12-7-16-21(31(4)5)24(35)19(27(30)38)26(37)28(16,39)25(36)17(12)23(18)34/h10-12,16-17,19,21,33,39H,6-9H2,1-5H3,(H2,30,38)/t11-,12+,16+,17?,19?,21+,28+/m1/s1. The predicted molar refractivity (Wildman–Crippen MR) is 135 cm³/mol. The highest BCUT2D eigenvalue weighted by atomic mass is 19.1. The van der Waals surface area contributed by atoms with E-state index in [0.717, 1.165) is 0 Å². The monoisotopic (exact) mass is 543 g/mol. The van der Waals surface area contributed by atoms with Crippen LogP contribution in [0.15, 0.2) is 0 Å². The van der Waals surface area contributed by atoms with Gasteiger partial charge in [0.25, 0.3) is 0 Å². The van der Waals surface area contributed by atoms with E-state index in [1.807, 2.05) is 25.7 Å². The number of aromatic hydroxyl groups is 1. The maximum Gasteiger partial charge on any atom is 0.235 e. The number of halogens is 1. The number of fused-ring (bicyclic) bond motifs is 4. The summed E-state index contributed by atoms with van der Waals surface area (Å²) in [5, 5.41) is 22.8. The van der Waals surface area contributed by atoms with E-state index in [9.17, 15) is 34.2 Å². The highest BCUT2D eigenvalue weighted by Gasteiger charge is 2.69. The molecule has 1 heterocycles. The number of aliphatic hydroxyl groups is 1. The van der Waals surface area contributed by atoms with Crippen LogP contribution in [0.2, 0.25) is 0 Å². The zero-order valence-electron chi connectivity index (χ0n) is 22.7. The van der Waals surface area contributed by atoms with E-state index in [-0.39, 0.29) is 54.8 Å². The molecule has 2 fully saturated rings. The van der Waals surface area contributed by atoms with Gasteiger partial charge in [0.2, 0.25) is 5.91 Å². The number of phenols is 1. The van der Waals surface area contributed by atoms with Crippen LogP contribution in [0.5, 0.6) is 5.75 Å². The molecule has 4 N–H and O–H groups in total. The Bertz CT molecular complexity index is 1340. The topological polar surface area (TPSA) is 158 Å². The molecule has 4 aliphatic rings. The van der Waals surface area contributed by atoms with Gasteiger partial charge in [-0.15, -0.1) is 0 Å². The average Bonchev–Trinajstić information content (AvgIpc) is 3.29. The molecule has 0 saturated heterocycles. The molecule has 7 atom stereocenters. The van der Waals surface area contributed by atoms with Crippen molar-refractivity contribution in [3.8, 4) is 5.75 Å². The summed E-state index contributed by atoms with van der Waals surface area (Å²) >= 11 is 0. The molecule has 2 unspecified atom stereocenters. The first-order chi connectivity index (χ1) is 18.1. The number of hydrogen-bond acceptors (Lipinski definition) is 9. The van der Waals surface area contributed by atoms with Gasteiger partial charge in [-0.05, 0) is 45.7 Å². The Morgan fingerprint density at radius 1 is 1.08 bits per heavy atom. The summed E-state index contributed by atoms with van der Waals surface area (Å²) in [4.78, 5) is 69.7. The van der Waals surface area contributed by atoms with Gasteiger partial charge in [-0.2, -0.15) is 0 Å². The third kappa shape index (κ3) is 3.59. The molecule has 1 aliphatic heterocycles. The van der Waals surface area contributed by atoms with Gasteiger partial charge in [0, 0.05) is 41.7 Å². The fourth-order valence-electron chi connectivity index (χ4n) is 7.31. The van der Waals surface area contributed by atoms with Crippen LogP contribution in [0, 0.1) is 35.4 Å². The molecular formula is C28H34FN3O7. The first-order valence-electron chi connectivity index (χ1n) is 13.3. The lowest BCUT2D eigenvalue weighted by molar-refractivity contribution is -0.181. The summed E-state index contributed by atoms with van der Waals surface area (Å²) in [5.41, 5.74) is 2.87. The van der Waals surface area contributed by atoms with Crippen molar-refractivity contribution in [2.24, 2.45) is 35.3 Å². The number of nitrogens with zero attached hydrogens (tertiary/aromatic N) is 2. The van der Waals surface area contributed by atoms with E-state index >= 15 is 4.39 Å². The number of rotatable bonds is 4. The minimum absolute atomic E-state index is 0.0136. The Hall–Kier alpha value is -3.02. The first kappa shape index (κ1) is 27.5. The van der Waals surface area contributed by atoms with Gasteiger partial charge in [0.05, 0.1) is 17.5 Å². The van der Waals surface area contributed by atoms with Crippen molar-refractivity contribution in [3.63, 3.8) is 0 Å². The second-order valence-corrected chi connectivity index (χ2v) is 12.2. The van der Waals surface area contributed by atoms with Crippen molar-refractivity contribution in [1.29, 1.82) is 0 Å². The molecule has 11 heteroatoms. The second kappa shape index (κ2) is 9.00. The quantitative estimate of drug-likeness (QED) is 0.456. The number of likely N-dealkylation sites (N-methyl/N-ethyl adjacent to an activating group) is 1. The maximum absolute atomic E-state index is 16.0. The average molecular weight is 544 g/mol. The van der Waals surface area contributed by atoms with Gasteiger partial charge in [-0.25, -0.2) is 4.39 Å². The third-order valence-electron chi connectivity index (χ3n) is 9.64. The van der Waals surface area contributed by atoms with E-state index in [1.54, 1.807) is 0 Å². The van der Waals surface area contributed by atoms with Gasteiger partial charge < -0.3 is 15.9 Å². The van der Waals surface area contributed by atoms with E-state index < -0.39 is 70.2 Å². The summed E-state index contributed by atoms with van der Waals surface area (Å²) in [7, 11) is 3.03. The molecule has 0 spiro atoms. The lowest BCUT2D eigenvalue weighted by atomic mass is 9.52. The molecule has 1 aromatic rings. The summed E-state index contributed by atoms with van der Waals surface area (Å²) in [6, 6.07) is -1.12. The molecule has 0 bridgehead atoms. The van der Waals surface area contributed by atoms with Crippen LogP contribution in [0.25, 0.3) is 0 Å². The highest BCUT2D eigenvalue weighted by molar-refractivity contribution is 6.32. The Morgan fingerprint density at radius 3 is 2.26 bits per heavy atom. The number of ketones is 4. The summed E-state index contributed by atoms with van der Waals surface area (Å²) in [6.45, 7) is 6.58. The van der Waals surface area contributed by atoms with Crippen molar-refractivity contribution in [3.05, 3.63) is 28.1 Å². The molecule has 210 valence electrons. The summed E-state index contributed by atoms with van der Waals surface area (Å²) in [5.74, 6) is -11.8. The van der Waals surface area contributed by atoms with E-state index in [1.165, 1.54) is 19.0 Å². The summed E-state index contributed by atoms with van der Waals surface area (Å²) < 4.78 is 16.0. The lowest BCUT2D eigenvalue weighted by Crippen LogP contribution is -2.74. The van der Waals surface area contributed by atoms with Crippen LogP contribution in [0.3, 0.4) is 0 Å². The molecule has 2 saturated carbocycles. The number of carbonyl (C=O) groups excluding carboxylic acids is 5. The van der Waals surface area contributed by atoms with Crippen molar-refractivity contribution >= 4 is 29.0 Å². The number of primary amides is 1. The number of phenolic OH excluding ortho intramolecular Hbond substituents is 1. The normalized spacial score (nSPS) is 33.2. The number of nitrogens with two attached hydrogens (primary N) is 1. The van der Waals surface area contributed by atoms with Gasteiger partial charge >= 0.3 is 0 Å². The second-order valence-electron chi connectivity index (χ2n) is 12.2. The molecule has 1 aromatic carbocycles. The van der Waals surface area contributed by atoms with Crippen LogP contribution < -0.4 is 5.73 Å². The lowest BCUT2D eigenvalue weighted by Gasteiger charge is -2.52. The number of amides is 1. The molecule has 0 aromatic heterocycles. The van der Waals surface area contributed by atoms with Gasteiger partial charge in [0.1, 0.15) is 11.6 Å². The molecule has 39 heavy (non-hydrogen) atoms. The molecule has 5 rings (SSSR count). The Morgan fingerprint density at radius 2 is 1.69 bits per heavy atom. The Balaban J connectivity index is 1.61. The SMILES string of the molecule is CC(C)[C@@H](C)N1Cc2c(O)c3c(c(F)c2C1)C[C@H]1C[C@H]2[C@H](N(C)C)C(=O)C(C(N)=O)C(=O)[C@@]2(O)C(=O)C1C3=O. The van der Waals surface area contributed by atoms with Gasteiger partial charge in [-0.1, -0.05) is 13.8 Å². The molecule has 10 nitrogen and oxygen atoms in total. The van der Waals surface area contributed by atoms with Crippen LogP contribution >= 0.6 is 0 Å². The largest absolute Gasteiger partial charge is 0.507 e. The molecule has 3 aliphatic carbocycles. The van der Waals surface area contributed by atoms with Crippen LogP contribution in [-0.4, -0.2) is 80.8 Å². The number of benzene rings is 1. The smallest absolute Gasteiger partial charge is 0.235 e. The van der Waals surface area contributed by atoms with Crippen LogP contribution in [0.1, 0.15) is 54.2 Å². The number of Topliss-reactive ketones (excluding diaryl/α,β-unsaturated/α-hetero) is 4. The first-order valence-corrected chi connectivity index (χ1v) is 13.3. The Labute approximate surface area is 225 Å². The minimum atomic E-state index is -2.80. The van der Waals surface area contributed by atoms with Gasteiger partial charge in [0.15, 0.2) is 34.7 Å².